The van der Waals surface area contributed by atoms with Crippen LogP contribution in [0.25, 0.3) is 22.4 Å². The van der Waals surface area contributed by atoms with E-state index in [4.69, 9.17) is 0 Å². The highest BCUT2D eigenvalue weighted by Gasteiger charge is 2.22. The number of benzene rings is 1. The Morgan fingerprint density at radius 1 is 1.23 bits per heavy atom. The lowest BCUT2D eigenvalue weighted by atomic mass is 10.0. The Morgan fingerprint density at radius 3 is 2.69 bits per heavy atom. The maximum Gasteiger partial charge on any atom is 0.251 e. The molecule has 1 saturated carbocycles. The summed E-state index contributed by atoms with van der Waals surface area (Å²) in [6, 6.07) is 6.23. The van der Waals surface area contributed by atoms with Crippen molar-refractivity contribution in [1.29, 1.82) is 0 Å². The first-order valence-corrected chi connectivity index (χ1v) is 8.17. The highest BCUT2D eigenvalue weighted by Crippen LogP contribution is 2.32. The van der Waals surface area contributed by atoms with Crippen molar-refractivity contribution in [2.24, 2.45) is 7.05 Å². The van der Waals surface area contributed by atoms with E-state index in [1.54, 1.807) is 12.1 Å². The summed E-state index contributed by atoms with van der Waals surface area (Å²) in [7, 11) is 1.48. The number of phenols is 1. The third-order valence-electron chi connectivity index (χ3n) is 4.24. The van der Waals surface area contributed by atoms with E-state index < -0.39 is 5.82 Å². The van der Waals surface area contributed by atoms with Gasteiger partial charge in [0, 0.05) is 36.5 Å². The summed E-state index contributed by atoms with van der Waals surface area (Å²) in [4.78, 5) is 15.9. The number of hydrogen-bond donors (Lipinski definition) is 2. The highest BCUT2D eigenvalue weighted by atomic mass is 19.1. The van der Waals surface area contributed by atoms with Crippen LogP contribution in [0.5, 0.6) is 5.75 Å². The van der Waals surface area contributed by atoms with Crippen LogP contribution < -0.4 is 10.9 Å². The Kier molecular flexibility index (Phi) is 3.87. The molecule has 1 fully saturated rings. The predicted octanol–water partition coefficient (Wildman–Crippen LogP) is 2.32. The molecule has 8 heteroatoms. The molecule has 3 aromatic rings. The number of anilines is 1. The molecule has 0 spiro atoms. The van der Waals surface area contributed by atoms with Crippen LogP contribution in [0.3, 0.4) is 0 Å². The molecule has 2 N–H and O–H groups in total. The number of rotatable bonds is 4. The molecule has 132 valence electrons. The number of aromatic hydroxyl groups is 1. The minimum atomic E-state index is -0.545. The first kappa shape index (κ1) is 16.2. The standard InChI is InChI=1S/C18H16FN5O2/c1-24-9-14(19)13(7-17(24)26)10-2-5-12(16(25)6-10)15-8-20-18(23-22-15)21-11-3-4-11/h2,5-9,11,25H,3-4H2,1H3,(H,20,21,23). The van der Waals surface area contributed by atoms with Crippen LogP contribution in [0.15, 0.2) is 41.5 Å². The molecule has 0 aliphatic heterocycles. The van der Waals surface area contributed by atoms with Gasteiger partial charge in [-0.15, -0.1) is 10.2 Å². The van der Waals surface area contributed by atoms with Crippen molar-refractivity contribution in [3.63, 3.8) is 0 Å². The number of nitrogens with one attached hydrogen (secondary N) is 1. The number of hydrogen-bond acceptors (Lipinski definition) is 6. The van der Waals surface area contributed by atoms with Crippen LogP contribution in [-0.2, 0) is 7.05 Å². The Morgan fingerprint density at radius 2 is 2.04 bits per heavy atom. The van der Waals surface area contributed by atoms with Crippen molar-refractivity contribution in [3.8, 4) is 28.1 Å². The molecule has 0 saturated heterocycles. The van der Waals surface area contributed by atoms with Crippen molar-refractivity contribution in [3.05, 3.63) is 52.8 Å². The maximum atomic E-state index is 14.1. The number of aromatic nitrogens is 4. The van der Waals surface area contributed by atoms with Gasteiger partial charge in [-0.05, 0) is 30.5 Å². The van der Waals surface area contributed by atoms with E-state index >= 15 is 0 Å². The minimum Gasteiger partial charge on any atom is -0.507 e. The SMILES string of the molecule is Cn1cc(F)c(-c2ccc(-c3cnc(NC4CC4)nn3)c(O)c2)cc1=O. The lowest BCUT2D eigenvalue weighted by Crippen LogP contribution is -2.15. The molecule has 2 heterocycles. The lowest BCUT2D eigenvalue weighted by molar-refractivity contribution is 0.477. The highest BCUT2D eigenvalue weighted by molar-refractivity contribution is 5.74. The number of pyridine rings is 1. The third kappa shape index (κ3) is 3.13. The second kappa shape index (κ2) is 6.21. The van der Waals surface area contributed by atoms with Gasteiger partial charge in [0.15, 0.2) is 0 Å². The zero-order valence-corrected chi connectivity index (χ0v) is 14.0. The summed E-state index contributed by atoms with van der Waals surface area (Å²) in [5.74, 6) is -0.188. The molecule has 2 aromatic heterocycles. The Hall–Kier alpha value is -3.29. The van der Waals surface area contributed by atoms with E-state index in [2.05, 4.69) is 20.5 Å². The smallest absolute Gasteiger partial charge is 0.251 e. The van der Waals surface area contributed by atoms with Crippen molar-refractivity contribution in [2.75, 3.05) is 5.32 Å². The van der Waals surface area contributed by atoms with Gasteiger partial charge in [-0.1, -0.05) is 6.07 Å². The molecule has 0 amide bonds. The Bertz CT molecular complexity index is 1030. The molecule has 0 unspecified atom stereocenters. The summed E-state index contributed by atoms with van der Waals surface area (Å²) < 4.78 is 15.3. The van der Waals surface area contributed by atoms with Crippen LogP contribution in [0.1, 0.15) is 12.8 Å². The summed E-state index contributed by atoms with van der Waals surface area (Å²) in [6.07, 6.45) is 4.84. The van der Waals surface area contributed by atoms with E-state index in [0.717, 1.165) is 23.6 Å². The number of phenolic OH excluding ortho intramolecular Hbond substituents is 1. The van der Waals surface area contributed by atoms with Gasteiger partial charge < -0.3 is 15.0 Å². The van der Waals surface area contributed by atoms with Gasteiger partial charge in [-0.25, -0.2) is 9.37 Å². The average Bonchev–Trinajstić information content (AvgIpc) is 3.43. The molecular weight excluding hydrogens is 337 g/mol. The predicted molar refractivity (Wildman–Crippen MR) is 94.2 cm³/mol. The van der Waals surface area contributed by atoms with Gasteiger partial charge in [0.25, 0.3) is 5.56 Å². The van der Waals surface area contributed by atoms with Crippen LogP contribution in [0.2, 0.25) is 0 Å². The van der Waals surface area contributed by atoms with E-state index in [1.165, 1.54) is 25.4 Å². The number of halogens is 1. The van der Waals surface area contributed by atoms with Gasteiger partial charge in [0.2, 0.25) is 5.95 Å². The van der Waals surface area contributed by atoms with Crippen molar-refractivity contribution >= 4 is 5.95 Å². The summed E-state index contributed by atoms with van der Waals surface area (Å²) in [5, 5.41) is 21.5. The van der Waals surface area contributed by atoms with Gasteiger partial charge >= 0.3 is 0 Å². The van der Waals surface area contributed by atoms with E-state index in [-0.39, 0.29) is 16.9 Å². The largest absolute Gasteiger partial charge is 0.507 e. The molecule has 26 heavy (non-hydrogen) atoms. The summed E-state index contributed by atoms with van der Waals surface area (Å²) in [6.45, 7) is 0. The van der Waals surface area contributed by atoms with E-state index in [0.29, 0.717) is 28.8 Å². The fourth-order valence-electron chi connectivity index (χ4n) is 2.61. The van der Waals surface area contributed by atoms with Gasteiger partial charge in [-0.2, -0.15) is 0 Å². The zero-order valence-electron chi connectivity index (χ0n) is 14.0. The normalized spacial score (nSPS) is 13.6. The minimum absolute atomic E-state index is 0.0958. The lowest BCUT2D eigenvalue weighted by Gasteiger charge is -2.09. The molecule has 7 nitrogen and oxygen atoms in total. The molecule has 1 aliphatic rings. The van der Waals surface area contributed by atoms with Crippen molar-refractivity contribution in [2.45, 2.75) is 18.9 Å². The fraction of sp³-hybridized carbons (Fsp3) is 0.222. The summed E-state index contributed by atoms with van der Waals surface area (Å²) >= 11 is 0. The number of aryl methyl sites for hydroxylation is 1. The average molecular weight is 353 g/mol. The fourth-order valence-corrected chi connectivity index (χ4v) is 2.61. The van der Waals surface area contributed by atoms with Crippen molar-refractivity contribution < 1.29 is 9.50 Å². The molecule has 4 rings (SSSR count). The van der Waals surface area contributed by atoms with Crippen molar-refractivity contribution in [1.82, 2.24) is 19.7 Å². The molecule has 1 aliphatic carbocycles. The molecule has 0 atom stereocenters. The molecule has 0 radical (unpaired) electrons. The summed E-state index contributed by atoms with van der Waals surface area (Å²) in [5.41, 5.74) is 1.02. The molecular formula is C18H16FN5O2. The van der Waals surface area contributed by atoms with E-state index in [9.17, 15) is 14.3 Å². The molecule has 1 aromatic carbocycles. The van der Waals surface area contributed by atoms with Crippen LogP contribution in [0, 0.1) is 5.82 Å². The Balaban J connectivity index is 1.65. The second-order valence-corrected chi connectivity index (χ2v) is 6.30. The topological polar surface area (TPSA) is 92.9 Å². The van der Waals surface area contributed by atoms with Crippen LogP contribution in [0.4, 0.5) is 10.3 Å². The first-order valence-electron chi connectivity index (χ1n) is 8.17. The molecule has 0 bridgehead atoms. The second-order valence-electron chi connectivity index (χ2n) is 6.30. The van der Waals surface area contributed by atoms with Crippen LogP contribution in [-0.4, -0.2) is 30.9 Å². The number of nitrogens with zero attached hydrogens (tertiary/aromatic N) is 4. The van der Waals surface area contributed by atoms with Gasteiger partial charge in [0.1, 0.15) is 17.3 Å². The quantitative estimate of drug-likeness (QED) is 0.748. The van der Waals surface area contributed by atoms with Gasteiger partial charge in [-0.3, -0.25) is 4.79 Å². The Labute approximate surface area is 148 Å². The third-order valence-corrected chi connectivity index (χ3v) is 4.24. The maximum absolute atomic E-state index is 14.1. The monoisotopic (exact) mass is 353 g/mol. The zero-order chi connectivity index (χ0) is 18.3. The first-order chi connectivity index (χ1) is 12.5. The van der Waals surface area contributed by atoms with Crippen LogP contribution >= 0.6 is 0 Å². The van der Waals surface area contributed by atoms with E-state index in [1.807, 2.05) is 0 Å². The van der Waals surface area contributed by atoms with Gasteiger partial charge in [0.05, 0.1) is 6.20 Å².